The van der Waals surface area contributed by atoms with Gasteiger partial charge in [0.2, 0.25) is 0 Å². The van der Waals surface area contributed by atoms with E-state index in [4.69, 9.17) is 5.11 Å². The van der Waals surface area contributed by atoms with E-state index in [0.717, 1.165) is 17.9 Å². The molecule has 2 N–H and O–H groups in total. The van der Waals surface area contributed by atoms with Crippen LogP contribution in [0, 0.1) is 0 Å². The number of anilines is 1. The Morgan fingerprint density at radius 2 is 2.44 bits per heavy atom. The van der Waals surface area contributed by atoms with Crippen molar-refractivity contribution in [2.75, 3.05) is 11.1 Å². The Hall–Kier alpha value is -1.23. The summed E-state index contributed by atoms with van der Waals surface area (Å²) in [5, 5.41) is 13.0. The Balaban J connectivity index is 2.04. The van der Waals surface area contributed by atoms with Crippen LogP contribution in [-0.4, -0.2) is 33.1 Å². The number of carboxylic acids is 1. The normalized spacial score (nSPS) is 22.9. The second-order valence-corrected chi connectivity index (χ2v) is 5.93. The fourth-order valence-corrected chi connectivity index (χ4v) is 3.55. The van der Waals surface area contributed by atoms with Crippen LogP contribution in [-0.2, 0) is 0 Å². The maximum Gasteiger partial charge on any atom is 0.354 e. The van der Waals surface area contributed by atoms with Gasteiger partial charge in [0, 0.05) is 23.2 Å². The molecular formula is C13H18N2O2S. The van der Waals surface area contributed by atoms with E-state index in [1.165, 1.54) is 12.8 Å². The van der Waals surface area contributed by atoms with Crippen LogP contribution in [0.5, 0.6) is 0 Å². The lowest BCUT2D eigenvalue weighted by Gasteiger charge is -2.21. The van der Waals surface area contributed by atoms with E-state index in [9.17, 15) is 4.79 Å². The number of hydrogen-bond donors (Lipinski definition) is 2. The Labute approximate surface area is 111 Å². The van der Waals surface area contributed by atoms with E-state index < -0.39 is 5.97 Å². The van der Waals surface area contributed by atoms with E-state index in [1.807, 2.05) is 17.8 Å². The highest BCUT2D eigenvalue weighted by Gasteiger charge is 2.27. The van der Waals surface area contributed by atoms with Gasteiger partial charge < -0.3 is 10.4 Å². The van der Waals surface area contributed by atoms with E-state index in [0.29, 0.717) is 11.3 Å². The van der Waals surface area contributed by atoms with Gasteiger partial charge in [-0.3, -0.25) is 0 Å². The minimum atomic E-state index is -0.982. The summed E-state index contributed by atoms with van der Waals surface area (Å²) in [6.07, 6.45) is 5.18. The van der Waals surface area contributed by atoms with Crippen LogP contribution in [0.3, 0.4) is 0 Å². The molecule has 1 aromatic heterocycles. The molecule has 0 bridgehead atoms. The maximum atomic E-state index is 10.9. The molecule has 1 aromatic rings. The second kappa shape index (κ2) is 6.09. The largest absolute Gasteiger partial charge is 0.477 e. The second-order valence-electron chi connectivity index (χ2n) is 4.41. The van der Waals surface area contributed by atoms with Crippen LogP contribution in [0.2, 0.25) is 0 Å². The van der Waals surface area contributed by atoms with E-state index in [1.54, 1.807) is 12.3 Å². The van der Waals surface area contributed by atoms with Crippen molar-refractivity contribution in [3.63, 3.8) is 0 Å². The molecule has 2 unspecified atom stereocenters. The lowest BCUT2D eigenvalue weighted by atomic mass is 10.2. The first-order valence-electron chi connectivity index (χ1n) is 6.28. The molecule has 98 valence electrons. The van der Waals surface area contributed by atoms with E-state index in [2.05, 4.69) is 17.2 Å². The van der Waals surface area contributed by atoms with Crippen molar-refractivity contribution in [3.8, 4) is 0 Å². The predicted molar refractivity (Wildman–Crippen MR) is 74.4 cm³/mol. The number of nitrogens with one attached hydrogen (secondary N) is 1. The molecule has 1 aliphatic carbocycles. The van der Waals surface area contributed by atoms with Gasteiger partial charge in [-0.05, 0) is 30.7 Å². The molecule has 0 saturated heterocycles. The van der Waals surface area contributed by atoms with Crippen molar-refractivity contribution in [3.05, 3.63) is 24.0 Å². The number of pyridine rings is 1. The minimum Gasteiger partial charge on any atom is -0.477 e. The summed E-state index contributed by atoms with van der Waals surface area (Å²) in [5.41, 5.74) is 0.952. The summed E-state index contributed by atoms with van der Waals surface area (Å²) < 4.78 is 0. The Morgan fingerprint density at radius 3 is 3.17 bits per heavy atom. The highest BCUT2D eigenvalue weighted by molar-refractivity contribution is 7.99. The summed E-state index contributed by atoms with van der Waals surface area (Å²) in [4.78, 5) is 14.7. The number of aromatic carboxylic acids is 1. The van der Waals surface area contributed by atoms with Crippen molar-refractivity contribution >= 4 is 23.4 Å². The summed E-state index contributed by atoms with van der Waals surface area (Å²) >= 11 is 1.98. The van der Waals surface area contributed by atoms with Crippen molar-refractivity contribution in [1.29, 1.82) is 0 Å². The Bertz CT molecular complexity index is 425. The molecule has 2 rings (SSSR count). The number of aromatic nitrogens is 1. The number of thioether (sulfide) groups is 1. The lowest BCUT2D eigenvalue weighted by Crippen LogP contribution is -2.26. The first-order chi connectivity index (χ1) is 8.70. The summed E-state index contributed by atoms with van der Waals surface area (Å²) in [7, 11) is 0. The van der Waals surface area contributed by atoms with Gasteiger partial charge in [-0.2, -0.15) is 11.8 Å². The SMILES string of the molecule is CCSC1CCCC1Nc1ccnc(C(=O)O)c1. The summed E-state index contributed by atoms with van der Waals surface area (Å²) in [6, 6.07) is 3.88. The average Bonchev–Trinajstić information content (AvgIpc) is 2.77. The number of nitrogens with zero attached hydrogens (tertiary/aromatic N) is 1. The third-order valence-corrected chi connectivity index (χ3v) is 4.49. The Kier molecular flexibility index (Phi) is 4.47. The molecule has 0 spiro atoms. The van der Waals surface area contributed by atoms with Gasteiger partial charge >= 0.3 is 5.97 Å². The molecule has 1 fully saturated rings. The van der Waals surface area contributed by atoms with Crippen LogP contribution < -0.4 is 5.32 Å². The fourth-order valence-electron chi connectivity index (χ4n) is 2.36. The minimum absolute atomic E-state index is 0.0951. The zero-order chi connectivity index (χ0) is 13.0. The average molecular weight is 266 g/mol. The molecule has 5 heteroatoms. The molecule has 0 aromatic carbocycles. The lowest BCUT2D eigenvalue weighted by molar-refractivity contribution is 0.0690. The monoisotopic (exact) mass is 266 g/mol. The fraction of sp³-hybridized carbons (Fsp3) is 0.538. The van der Waals surface area contributed by atoms with Gasteiger partial charge in [-0.1, -0.05) is 13.3 Å². The van der Waals surface area contributed by atoms with Crippen LogP contribution >= 0.6 is 11.8 Å². The van der Waals surface area contributed by atoms with Crippen molar-refractivity contribution < 1.29 is 9.90 Å². The first-order valence-corrected chi connectivity index (χ1v) is 7.33. The molecular weight excluding hydrogens is 248 g/mol. The number of carboxylic acid groups (broad SMARTS) is 1. The Morgan fingerprint density at radius 1 is 1.61 bits per heavy atom. The first kappa shape index (κ1) is 13.2. The topological polar surface area (TPSA) is 62.2 Å². The van der Waals surface area contributed by atoms with Gasteiger partial charge in [0.1, 0.15) is 5.69 Å². The van der Waals surface area contributed by atoms with Crippen LogP contribution in [0.15, 0.2) is 18.3 Å². The van der Waals surface area contributed by atoms with Gasteiger partial charge in [-0.15, -0.1) is 0 Å². The molecule has 0 aliphatic heterocycles. The zero-order valence-corrected chi connectivity index (χ0v) is 11.2. The third kappa shape index (κ3) is 3.16. The molecule has 0 amide bonds. The number of hydrogen-bond acceptors (Lipinski definition) is 4. The summed E-state index contributed by atoms with van der Waals surface area (Å²) in [6.45, 7) is 2.18. The predicted octanol–water partition coefficient (Wildman–Crippen LogP) is 2.87. The molecule has 1 aliphatic rings. The van der Waals surface area contributed by atoms with Crippen LogP contribution in [0.25, 0.3) is 0 Å². The van der Waals surface area contributed by atoms with Crippen LogP contribution in [0.4, 0.5) is 5.69 Å². The molecule has 0 radical (unpaired) electrons. The third-order valence-electron chi connectivity index (χ3n) is 3.16. The van der Waals surface area contributed by atoms with Crippen molar-refractivity contribution in [2.45, 2.75) is 37.5 Å². The molecule has 1 saturated carbocycles. The highest BCUT2D eigenvalue weighted by Crippen LogP contribution is 2.32. The number of carbonyl (C=O) groups is 1. The molecule has 2 atom stereocenters. The molecule has 18 heavy (non-hydrogen) atoms. The quantitative estimate of drug-likeness (QED) is 0.858. The zero-order valence-electron chi connectivity index (χ0n) is 10.4. The summed E-state index contributed by atoms with van der Waals surface area (Å²) in [5.74, 6) is 0.143. The van der Waals surface area contributed by atoms with Gasteiger partial charge in [0.25, 0.3) is 0 Å². The van der Waals surface area contributed by atoms with Gasteiger partial charge in [-0.25, -0.2) is 9.78 Å². The smallest absolute Gasteiger partial charge is 0.354 e. The van der Waals surface area contributed by atoms with Crippen LogP contribution in [0.1, 0.15) is 36.7 Å². The van der Waals surface area contributed by atoms with Gasteiger partial charge in [0.05, 0.1) is 0 Å². The van der Waals surface area contributed by atoms with E-state index >= 15 is 0 Å². The van der Waals surface area contributed by atoms with Crippen molar-refractivity contribution in [2.24, 2.45) is 0 Å². The standard InChI is InChI=1S/C13H18N2O2S/c1-2-18-12-5-3-4-10(12)15-9-6-7-14-11(8-9)13(16)17/h6-8,10,12H,2-5H2,1H3,(H,14,15)(H,16,17). The molecule has 4 nitrogen and oxygen atoms in total. The van der Waals surface area contributed by atoms with Crippen molar-refractivity contribution in [1.82, 2.24) is 4.98 Å². The van der Waals surface area contributed by atoms with E-state index in [-0.39, 0.29) is 5.69 Å². The number of rotatable bonds is 5. The maximum absolute atomic E-state index is 10.9. The van der Waals surface area contributed by atoms with Gasteiger partial charge in [0.15, 0.2) is 0 Å². The highest BCUT2D eigenvalue weighted by atomic mass is 32.2. The molecule has 1 heterocycles.